The summed E-state index contributed by atoms with van der Waals surface area (Å²) in [5.41, 5.74) is 0.100. The summed E-state index contributed by atoms with van der Waals surface area (Å²) in [4.78, 5) is 17.6. The fraction of sp³-hybridized carbons (Fsp3) is 0.333. The minimum Gasteiger partial charge on any atom is -0.477 e. The molecule has 0 amide bonds. The van der Waals surface area contributed by atoms with E-state index in [1.165, 1.54) is 0 Å². The van der Waals surface area contributed by atoms with Crippen molar-refractivity contribution in [3.63, 3.8) is 0 Å². The second kappa shape index (κ2) is 5.69. The molecule has 0 spiro atoms. The summed E-state index contributed by atoms with van der Waals surface area (Å²) in [7, 11) is 0. The molecule has 4 nitrogen and oxygen atoms in total. The van der Waals surface area contributed by atoms with E-state index >= 15 is 0 Å². The molecule has 0 fully saturated rings. The van der Waals surface area contributed by atoms with Crippen LogP contribution in [0.15, 0.2) is 30.3 Å². The van der Waals surface area contributed by atoms with Crippen LogP contribution in [0.4, 0.5) is 5.82 Å². The van der Waals surface area contributed by atoms with Crippen molar-refractivity contribution >= 4 is 22.6 Å². The standard InChI is InChI=1S/C15H18N2O2/c1-3-9-17(4-2)14-12-8-6-5-7-11(12)10-13(16-14)15(18)19/h5-8,10H,3-4,9H2,1-2H3,(H,18,19). The lowest BCUT2D eigenvalue weighted by Crippen LogP contribution is -2.25. The smallest absolute Gasteiger partial charge is 0.354 e. The van der Waals surface area contributed by atoms with Gasteiger partial charge in [0.1, 0.15) is 5.82 Å². The Labute approximate surface area is 112 Å². The maximum atomic E-state index is 11.2. The van der Waals surface area contributed by atoms with Crippen LogP contribution in [-0.2, 0) is 0 Å². The Hall–Kier alpha value is -2.10. The monoisotopic (exact) mass is 258 g/mol. The Morgan fingerprint density at radius 3 is 2.68 bits per heavy atom. The summed E-state index contributed by atoms with van der Waals surface area (Å²) in [6, 6.07) is 9.40. The Balaban J connectivity index is 2.65. The van der Waals surface area contributed by atoms with Gasteiger partial charge in [-0.25, -0.2) is 9.78 Å². The van der Waals surface area contributed by atoms with Gasteiger partial charge in [-0.3, -0.25) is 0 Å². The molecule has 0 aliphatic carbocycles. The normalized spacial score (nSPS) is 10.6. The Kier molecular flexibility index (Phi) is 4.00. The maximum absolute atomic E-state index is 11.2. The quantitative estimate of drug-likeness (QED) is 0.895. The third kappa shape index (κ3) is 2.67. The van der Waals surface area contributed by atoms with Crippen LogP contribution in [0.5, 0.6) is 0 Å². The summed E-state index contributed by atoms with van der Waals surface area (Å²) in [5, 5.41) is 11.1. The molecule has 1 heterocycles. The van der Waals surface area contributed by atoms with Gasteiger partial charge in [-0.2, -0.15) is 0 Å². The first-order valence-corrected chi connectivity index (χ1v) is 6.55. The Morgan fingerprint density at radius 1 is 1.32 bits per heavy atom. The lowest BCUT2D eigenvalue weighted by atomic mass is 10.1. The van der Waals surface area contributed by atoms with Gasteiger partial charge in [0, 0.05) is 18.5 Å². The highest BCUT2D eigenvalue weighted by molar-refractivity contribution is 5.98. The van der Waals surface area contributed by atoms with Crippen LogP contribution >= 0.6 is 0 Å². The second-order valence-electron chi connectivity index (χ2n) is 4.44. The first kappa shape index (κ1) is 13.3. The molecule has 1 aromatic heterocycles. The molecule has 0 radical (unpaired) electrons. The number of carbonyl (C=O) groups is 1. The highest BCUT2D eigenvalue weighted by atomic mass is 16.4. The maximum Gasteiger partial charge on any atom is 0.354 e. The average Bonchev–Trinajstić information content (AvgIpc) is 2.43. The fourth-order valence-corrected chi connectivity index (χ4v) is 2.21. The zero-order valence-electron chi connectivity index (χ0n) is 11.3. The number of aromatic carboxylic acids is 1. The van der Waals surface area contributed by atoms with E-state index in [-0.39, 0.29) is 5.69 Å². The SMILES string of the molecule is CCCN(CC)c1nc(C(=O)O)cc2ccccc12. The molecule has 0 atom stereocenters. The molecule has 100 valence electrons. The van der Waals surface area contributed by atoms with Gasteiger partial charge in [0.2, 0.25) is 0 Å². The van der Waals surface area contributed by atoms with Crippen LogP contribution in [0.2, 0.25) is 0 Å². The predicted octanol–water partition coefficient (Wildman–Crippen LogP) is 3.17. The highest BCUT2D eigenvalue weighted by Crippen LogP contribution is 2.26. The third-order valence-electron chi connectivity index (χ3n) is 3.11. The van der Waals surface area contributed by atoms with E-state index in [2.05, 4.69) is 23.7 Å². The number of rotatable bonds is 5. The molecule has 0 unspecified atom stereocenters. The van der Waals surface area contributed by atoms with Crippen LogP contribution in [0.1, 0.15) is 30.8 Å². The number of carboxylic acid groups (broad SMARTS) is 1. The van der Waals surface area contributed by atoms with Crippen LogP contribution in [-0.4, -0.2) is 29.1 Å². The van der Waals surface area contributed by atoms with Crippen LogP contribution in [0.3, 0.4) is 0 Å². The van der Waals surface area contributed by atoms with Gasteiger partial charge >= 0.3 is 5.97 Å². The van der Waals surface area contributed by atoms with Gasteiger partial charge in [-0.05, 0) is 24.8 Å². The molecule has 4 heteroatoms. The molecule has 0 saturated heterocycles. The molecule has 1 aromatic carbocycles. The highest BCUT2D eigenvalue weighted by Gasteiger charge is 2.14. The molecule has 2 aromatic rings. The third-order valence-corrected chi connectivity index (χ3v) is 3.11. The van der Waals surface area contributed by atoms with Crippen molar-refractivity contribution in [1.82, 2.24) is 4.98 Å². The molecule has 2 rings (SSSR count). The van der Waals surface area contributed by atoms with Crippen molar-refractivity contribution < 1.29 is 9.90 Å². The lowest BCUT2D eigenvalue weighted by molar-refractivity contribution is 0.0691. The number of anilines is 1. The Morgan fingerprint density at radius 2 is 2.05 bits per heavy atom. The minimum absolute atomic E-state index is 0.100. The number of fused-ring (bicyclic) bond motifs is 1. The minimum atomic E-state index is -0.987. The first-order valence-electron chi connectivity index (χ1n) is 6.55. The summed E-state index contributed by atoms with van der Waals surface area (Å²) in [6.07, 6.45) is 1.00. The molecular formula is C15H18N2O2. The zero-order valence-corrected chi connectivity index (χ0v) is 11.3. The number of benzene rings is 1. The number of carboxylic acids is 1. The molecular weight excluding hydrogens is 240 g/mol. The fourth-order valence-electron chi connectivity index (χ4n) is 2.21. The van der Waals surface area contributed by atoms with Crippen molar-refractivity contribution in [2.75, 3.05) is 18.0 Å². The van der Waals surface area contributed by atoms with E-state index in [4.69, 9.17) is 0 Å². The molecule has 1 N–H and O–H groups in total. The van der Waals surface area contributed by atoms with Crippen LogP contribution in [0, 0.1) is 0 Å². The topological polar surface area (TPSA) is 53.4 Å². The van der Waals surface area contributed by atoms with E-state index in [0.29, 0.717) is 0 Å². The number of hydrogen-bond donors (Lipinski definition) is 1. The lowest BCUT2D eigenvalue weighted by Gasteiger charge is -2.23. The average molecular weight is 258 g/mol. The van der Waals surface area contributed by atoms with Crippen molar-refractivity contribution in [2.24, 2.45) is 0 Å². The van der Waals surface area contributed by atoms with Crippen molar-refractivity contribution in [1.29, 1.82) is 0 Å². The van der Waals surface area contributed by atoms with Gasteiger partial charge < -0.3 is 10.0 Å². The van der Waals surface area contributed by atoms with Crippen LogP contribution < -0.4 is 4.90 Å². The van der Waals surface area contributed by atoms with E-state index in [0.717, 1.165) is 36.1 Å². The van der Waals surface area contributed by atoms with E-state index < -0.39 is 5.97 Å². The number of pyridine rings is 1. The summed E-state index contributed by atoms with van der Waals surface area (Å²) < 4.78 is 0. The van der Waals surface area contributed by atoms with Crippen molar-refractivity contribution in [2.45, 2.75) is 20.3 Å². The summed E-state index contributed by atoms with van der Waals surface area (Å²) in [5.74, 6) is -0.223. The zero-order chi connectivity index (χ0) is 13.8. The first-order chi connectivity index (χ1) is 9.17. The Bertz CT molecular complexity index is 596. The molecule has 19 heavy (non-hydrogen) atoms. The number of aromatic nitrogens is 1. The van der Waals surface area contributed by atoms with Gasteiger partial charge in [0.15, 0.2) is 5.69 Å². The van der Waals surface area contributed by atoms with Gasteiger partial charge in [-0.15, -0.1) is 0 Å². The predicted molar refractivity (Wildman–Crippen MR) is 76.9 cm³/mol. The molecule has 0 aliphatic rings. The van der Waals surface area contributed by atoms with Gasteiger partial charge in [0.05, 0.1) is 0 Å². The number of nitrogens with zero attached hydrogens (tertiary/aromatic N) is 2. The van der Waals surface area contributed by atoms with E-state index in [9.17, 15) is 9.90 Å². The summed E-state index contributed by atoms with van der Waals surface area (Å²) >= 11 is 0. The second-order valence-corrected chi connectivity index (χ2v) is 4.44. The van der Waals surface area contributed by atoms with E-state index in [1.807, 2.05) is 24.3 Å². The molecule has 0 saturated carbocycles. The van der Waals surface area contributed by atoms with Crippen LogP contribution in [0.25, 0.3) is 10.8 Å². The molecule has 0 aliphatic heterocycles. The number of hydrogen-bond acceptors (Lipinski definition) is 3. The van der Waals surface area contributed by atoms with Gasteiger partial charge in [0.25, 0.3) is 0 Å². The van der Waals surface area contributed by atoms with E-state index in [1.54, 1.807) is 6.07 Å². The summed E-state index contributed by atoms with van der Waals surface area (Å²) in [6.45, 7) is 5.84. The largest absolute Gasteiger partial charge is 0.477 e. The van der Waals surface area contributed by atoms with Crippen molar-refractivity contribution in [3.8, 4) is 0 Å². The van der Waals surface area contributed by atoms with Crippen molar-refractivity contribution in [3.05, 3.63) is 36.0 Å². The van der Waals surface area contributed by atoms with Gasteiger partial charge in [-0.1, -0.05) is 31.2 Å². The molecule has 0 bridgehead atoms.